The second-order valence-corrected chi connectivity index (χ2v) is 4.89. The molecule has 1 aromatic rings. The van der Waals surface area contributed by atoms with E-state index in [1.807, 2.05) is 0 Å². The third kappa shape index (κ3) is 3.68. The van der Waals surface area contributed by atoms with E-state index in [9.17, 15) is 14.3 Å². The first-order valence-electron chi connectivity index (χ1n) is 6.49. The Bertz CT molecular complexity index is 465. The van der Waals surface area contributed by atoms with E-state index in [2.05, 4.69) is 5.32 Å². The predicted octanol–water partition coefficient (Wildman–Crippen LogP) is 0.861. The fourth-order valence-electron chi connectivity index (χ4n) is 1.99. The lowest BCUT2D eigenvalue weighted by Crippen LogP contribution is -2.48. The summed E-state index contributed by atoms with van der Waals surface area (Å²) in [5, 5.41) is 12.8. The Hall–Kier alpha value is -1.66. The molecule has 0 aromatic heterocycles. The maximum absolute atomic E-state index is 12.7. The molecule has 0 aliphatic carbocycles. The van der Waals surface area contributed by atoms with Gasteiger partial charge in [0.1, 0.15) is 17.2 Å². The number of hydrogen-bond donors (Lipinski definition) is 2. The number of amides is 1. The van der Waals surface area contributed by atoms with Crippen molar-refractivity contribution in [1.82, 2.24) is 5.32 Å². The van der Waals surface area contributed by atoms with Gasteiger partial charge < -0.3 is 19.9 Å². The zero-order valence-corrected chi connectivity index (χ0v) is 11.3. The van der Waals surface area contributed by atoms with Crippen LogP contribution in [0.1, 0.15) is 13.3 Å². The van der Waals surface area contributed by atoms with Gasteiger partial charge >= 0.3 is 0 Å². The molecule has 20 heavy (non-hydrogen) atoms. The average Bonchev–Trinajstić information content (AvgIpc) is 2.76. The number of hydrogen-bond acceptors (Lipinski definition) is 4. The number of aliphatic hydroxyl groups is 1. The summed E-state index contributed by atoms with van der Waals surface area (Å²) in [4.78, 5) is 11.6. The Kier molecular flexibility index (Phi) is 4.57. The topological polar surface area (TPSA) is 67.8 Å². The Balaban J connectivity index is 1.74. The fraction of sp³-hybridized carbons (Fsp3) is 0.500. The molecule has 1 amide bonds. The smallest absolute Gasteiger partial charge is 0.258 e. The first kappa shape index (κ1) is 14.7. The summed E-state index contributed by atoms with van der Waals surface area (Å²) in [6.45, 7) is 2.20. The van der Waals surface area contributed by atoms with Gasteiger partial charge in [-0.1, -0.05) is 0 Å². The van der Waals surface area contributed by atoms with E-state index < -0.39 is 5.60 Å². The highest BCUT2D eigenvalue weighted by Gasteiger charge is 2.39. The summed E-state index contributed by atoms with van der Waals surface area (Å²) in [6.07, 6.45) is 0.189. The van der Waals surface area contributed by atoms with Crippen LogP contribution < -0.4 is 10.1 Å². The summed E-state index contributed by atoms with van der Waals surface area (Å²) in [6, 6.07) is 5.41. The van der Waals surface area contributed by atoms with Crippen LogP contribution in [0, 0.1) is 5.82 Å². The van der Waals surface area contributed by atoms with Crippen molar-refractivity contribution in [3.05, 3.63) is 30.1 Å². The van der Waals surface area contributed by atoms with Gasteiger partial charge in [0.05, 0.1) is 6.10 Å². The quantitative estimate of drug-likeness (QED) is 0.841. The molecule has 0 radical (unpaired) electrons. The summed E-state index contributed by atoms with van der Waals surface area (Å²) in [7, 11) is 0. The zero-order valence-electron chi connectivity index (χ0n) is 11.3. The van der Waals surface area contributed by atoms with Crippen molar-refractivity contribution in [2.45, 2.75) is 25.0 Å². The van der Waals surface area contributed by atoms with Crippen molar-refractivity contribution in [3.63, 3.8) is 0 Å². The summed E-state index contributed by atoms with van der Waals surface area (Å²) in [5.74, 6) is -0.293. The van der Waals surface area contributed by atoms with Gasteiger partial charge in [0.25, 0.3) is 5.91 Å². The van der Waals surface area contributed by atoms with E-state index >= 15 is 0 Å². The lowest BCUT2D eigenvalue weighted by molar-refractivity contribution is -0.124. The molecule has 1 aliphatic rings. The van der Waals surface area contributed by atoms with Crippen LogP contribution in [0.2, 0.25) is 0 Å². The van der Waals surface area contributed by atoms with Crippen LogP contribution in [0.5, 0.6) is 5.75 Å². The minimum absolute atomic E-state index is 0.125. The van der Waals surface area contributed by atoms with Gasteiger partial charge in [-0.3, -0.25) is 4.79 Å². The predicted molar refractivity (Wildman–Crippen MR) is 69.9 cm³/mol. The van der Waals surface area contributed by atoms with Crippen LogP contribution in [-0.4, -0.2) is 42.5 Å². The maximum atomic E-state index is 12.7. The zero-order chi connectivity index (χ0) is 14.6. The third-order valence-electron chi connectivity index (χ3n) is 3.43. The molecule has 0 spiro atoms. The largest absolute Gasteiger partial charge is 0.484 e. The highest BCUT2D eigenvalue weighted by atomic mass is 19.1. The van der Waals surface area contributed by atoms with Crippen LogP contribution in [0.3, 0.4) is 0 Å². The molecular formula is C14H18FNO4. The minimum atomic E-state index is -1.02. The van der Waals surface area contributed by atoms with E-state index in [0.717, 1.165) is 0 Å². The Morgan fingerprint density at radius 1 is 1.55 bits per heavy atom. The normalized spacial score (nSPS) is 25.4. The van der Waals surface area contributed by atoms with E-state index in [1.165, 1.54) is 24.3 Å². The van der Waals surface area contributed by atoms with Crippen LogP contribution in [-0.2, 0) is 9.53 Å². The van der Waals surface area contributed by atoms with Gasteiger partial charge in [-0.05, 0) is 31.2 Å². The standard InChI is InChI=1S/C14H18FNO4/c1-10-14(18,6-7-19-10)9-16-13(17)8-20-12-4-2-11(15)3-5-12/h2-5,10,18H,6-9H2,1H3,(H,16,17). The van der Waals surface area contributed by atoms with Gasteiger partial charge in [0.15, 0.2) is 6.61 Å². The van der Waals surface area contributed by atoms with Crippen LogP contribution in [0.4, 0.5) is 4.39 Å². The average molecular weight is 283 g/mol. The molecule has 1 aromatic carbocycles. The molecule has 2 unspecified atom stereocenters. The molecule has 2 atom stereocenters. The van der Waals surface area contributed by atoms with Crippen molar-refractivity contribution >= 4 is 5.91 Å². The molecule has 110 valence electrons. The molecule has 2 N–H and O–H groups in total. The Morgan fingerprint density at radius 3 is 2.85 bits per heavy atom. The van der Waals surface area contributed by atoms with Crippen LogP contribution in [0.25, 0.3) is 0 Å². The van der Waals surface area contributed by atoms with Gasteiger partial charge in [-0.25, -0.2) is 4.39 Å². The highest BCUT2D eigenvalue weighted by Crippen LogP contribution is 2.24. The van der Waals surface area contributed by atoms with Crippen molar-refractivity contribution < 1.29 is 23.8 Å². The van der Waals surface area contributed by atoms with Crippen molar-refractivity contribution in [2.24, 2.45) is 0 Å². The molecule has 5 nitrogen and oxygen atoms in total. The molecule has 6 heteroatoms. The summed E-state index contributed by atoms with van der Waals surface area (Å²) < 4.78 is 23.2. The lowest BCUT2D eigenvalue weighted by Gasteiger charge is -2.26. The van der Waals surface area contributed by atoms with Crippen molar-refractivity contribution in [1.29, 1.82) is 0 Å². The number of rotatable bonds is 5. The highest BCUT2D eigenvalue weighted by molar-refractivity contribution is 5.77. The number of carbonyl (C=O) groups excluding carboxylic acids is 1. The molecule has 1 fully saturated rings. The molecule has 0 saturated carbocycles. The van der Waals surface area contributed by atoms with Crippen LogP contribution in [0.15, 0.2) is 24.3 Å². The first-order valence-corrected chi connectivity index (χ1v) is 6.49. The Labute approximate surface area is 116 Å². The van der Waals surface area contributed by atoms with Gasteiger partial charge in [-0.15, -0.1) is 0 Å². The third-order valence-corrected chi connectivity index (χ3v) is 3.43. The van der Waals surface area contributed by atoms with Gasteiger partial charge in [-0.2, -0.15) is 0 Å². The number of nitrogens with one attached hydrogen (secondary N) is 1. The molecule has 0 bridgehead atoms. The molecule has 1 heterocycles. The lowest BCUT2D eigenvalue weighted by atomic mass is 9.97. The second-order valence-electron chi connectivity index (χ2n) is 4.89. The number of halogens is 1. The SMILES string of the molecule is CC1OCCC1(O)CNC(=O)COc1ccc(F)cc1. The molecule has 1 saturated heterocycles. The van der Waals surface area contributed by atoms with E-state index in [1.54, 1.807) is 6.92 Å². The van der Waals surface area contributed by atoms with Crippen molar-refractivity contribution in [2.75, 3.05) is 19.8 Å². The number of carbonyl (C=O) groups is 1. The summed E-state index contributed by atoms with van der Waals surface area (Å²) >= 11 is 0. The second kappa shape index (κ2) is 6.19. The Morgan fingerprint density at radius 2 is 2.25 bits per heavy atom. The number of ether oxygens (including phenoxy) is 2. The fourth-order valence-corrected chi connectivity index (χ4v) is 1.99. The first-order chi connectivity index (χ1) is 9.49. The molecule has 1 aliphatic heterocycles. The number of benzene rings is 1. The molecular weight excluding hydrogens is 265 g/mol. The molecule has 2 rings (SSSR count). The van der Waals surface area contributed by atoms with Crippen LogP contribution >= 0.6 is 0 Å². The summed E-state index contributed by atoms with van der Waals surface area (Å²) in [5.41, 5.74) is -1.02. The van der Waals surface area contributed by atoms with E-state index in [4.69, 9.17) is 9.47 Å². The maximum Gasteiger partial charge on any atom is 0.258 e. The van der Waals surface area contributed by atoms with E-state index in [0.29, 0.717) is 18.8 Å². The monoisotopic (exact) mass is 283 g/mol. The van der Waals surface area contributed by atoms with Crippen molar-refractivity contribution in [3.8, 4) is 5.75 Å². The minimum Gasteiger partial charge on any atom is -0.484 e. The van der Waals surface area contributed by atoms with E-state index in [-0.39, 0.29) is 31.0 Å². The van der Waals surface area contributed by atoms with Gasteiger partial charge in [0, 0.05) is 19.6 Å². The van der Waals surface area contributed by atoms with Gasteiger partial charge in [0.2, 0.25) is 0 Å².